The highest BCUT2D eigenvalue weighted by molar-refractivity contribution is 5.67. The summed E-state index contributed by atoms with van der Waals surface area (Å²) in [6.07, 6.45) is -0.278. The van der Waals surface area contributed by atoms with E-state index in [0.29, 0.717) is 13.1 Å². The first kappa shape index (κ1) is 11.7. The number of phenolic OH excluding ortho intramolecular Hbond substituents is 1. The topological polar surface area (TPSA) is 61.8 Å². The molecule has 92 valence electrons. The fraction of sp³-hybridized carbons (Fsp3) is 0.417. The van der Waals surface area contributed by atoms with Crippen LogP contribution in [0, 0.1) is 0 Å². The second-order valence-electron chi connectivity index (χ2n) is 3.96. The lowest BCUT2D eigenvalue weighted by Crippen LogP contribution is -2.46. The average molecular weight is 236 g/mol. The fourth-order valence-electron chi connectivity index (χ4n) is 1.68. The van der Waals surface area contributed by atoms with Crippen LogP contribution in [0.15, 0.2) is 24.3 Å². The van der Waals surface area contributed by atoms with Gasteiger partial charge in [-0.15, -0.1) is 0 Å². The lowest BCUT2D eigenvalue weighted by Gasteiger charge is -2.26. The lowest BCUT2D eigenvalue weighted by atomic mass is 10.2. The van der Waals surface area contributed by atoms with Crippen LogP contribution in [0.2, 0.25) is 0 Å². The molecule has 0 unspecified atom stereocenters. The molecular formula is C12H16N2O3. The van der Waals surface area contributed by atoms with Gasteiger partial charge in [-0.2, -0.15) is 0 Å². The van der Waals surface area contributed by atoms with Crippen LogP contribution >= 0.6 is 0 Å². The Kier molecular flexibility index (Phi) is 3.82. The van der Waals surface area contributed by atoms with Gasteiger partial charge in [-0.25, -0.2) is 4.79 Å². The first-order chi connectivity index (χ1) is 8.25. The summed E-state index contributed by atoms with van der Waals surface area (Å²) in [7, 11) is 0. The van der Waals surface area contributed by atoms with Crippen LogP contribution in [-0.2, 0) is 11.3 Å². The van der Waals surface area contributed by atoms with Crippen molar-refractivity contribution in [3.63, 3.8) is 0 Å². The number of ether oxygens (including phenoxy) is 1. The van der Waals surface area contributed by atoms with Crippen molar-refractivity contribution in [1.29, 1.82) is 0 Å². The number of piperazine rings is 1. The molecule has 5 nitrogen and oxygen atoms in total. The number of nitrogens with zero attached hydrogens (tertiary/aromatic N) is 1. The number of carbonyl (C=O) groups excluding carboxylic acids is 1. The molecule has 5 heteroatoms. The smallest absolute Gasteiger partial charge is 0.410 e. The van der Waals surface area contributed by atoms with Gasteiger partial charge in [0.05, 0.1) is 0 Å². The molecule has 2 N–H and O–H groups in total. The van der Waals surface area contributed by atoms with E-state index in [0.717, 1.165) is 18.7 Å². The van der Waals surface area contributed by atoms with E-state index in [1.54, 1.807) is 29.2 Å². The van der Waals surface area contributed by atoms with Crippen LogP contribution in [0.5, 0.6) is 5.75 Å². The van der Waals surface area contributed by atoms with Crippen LogP contribution in [-0.4, -0.2) is 42.3 Å². The molecule has 1 fully saturated rings. The van der Waals surface area contributed by atoms with Crippen molar-refractivity contribution in [3.8, 4) is 5.75 Å². The van der Waals surface area contributed by atoms with Crippen LogP contribution < -0.4 is 5.32 Å². The van der Waals surface area contributed by atoms with Gasteiger partial charge in [0.15, 0.2) is 0 Å². The molecule has 0 radical (unpaired) electrons. The van der Waals surface area contributed by atoms with Crippen LogP contribution in [0.3, 0.4) is 0 Å². The van der Waals surface area contributed by atoms with E-state index in [1.165, 1.54) is 0 Å². The molecule has 1 amide bonds. The Bertz CT molecular complexity index is 372. The average Bonchev–Trinajstić information content (AvgIpc) is 2.39. The molecule has 0 atom stereocenters. The molecule has 1 aliphatic rings. The summed E-state index contributed by atoms with van der Waals surface area (Å²) in [6, 6.07) is 6.63. The molecule has 1 aliphatic heterocycles. The highest BCUT2D eigenvalue weighted by atomic mass is 16.6. The number of benzene rings is 1. The molecule has 1 heterocycles. The number of hydrogen-bond acceptors (Lipinski definition) is 4. The minimum atomic E-state index is -0.278. The first-order valence-corrected chi connectivity index (χ1v) is 5.66. The van der Waals surface area contributed by atoms with Gasteiger partial charge in [0.1, 0.15) is 12.4 Å². The Morgan fingerprint density at radius 1 is 1.29 bits per heavy atom. The van der Waals surface area contributed by atoms with Gasteiger partial charge >= 0.3 is 6.09 Å². The van der Waals surface area contributed by atoms with Gasteiger partial charge in [0.25, 0.3) is 0 Å². The van der Waals surface area contributed by atoms with Gasteiger partial charge in [0, 0.05) is 26.2 Å². The maximum Gasteiger partial charge on any atom is 0.410 e. The van der Waals surface area contributed by atoms with Crippen molar-refractivity contribution in [2.45, 2.75) is 6.61 Å². The van der Waals surface area contributed by atoms with Gasteiger partial charge in [0.2, 0.25) is 0 Å². The van der Waals surface area contributed by atoms with Crippen molar-refractivity contribution in [3.05, 3.63) is 29.8 Å². The third-order valence-electron chi connectivity index (χ3n) is 2.67. The number of hydrogen-bond donors (Lipinski definition) is 2. The normalized spacial score (nSPS) is 15.6. The van der Waals surface area contributed by atoms with Crippen molar-refractivity contribution in [1.82, 2.24) is 10.2 Å². The largest absolute Gasteiger partial charge is 0.508 e. The molecule has 0 aliphatic carbocycles. The van der Waals surface area contributed by atoms with E-state index in [9.17, 15) is 4.79 Å². The van der Waals surface area contributed by atoms with E-state index in [2.05, 4.69) is 5.32 Å². The second-order valence-corrected chi connectivity index (χ2v) is 3.96. The number of carbonyl (C=O) groups is 1. The number of aromatic hydroxyl groups is 1. The van der Waals surface area contributed by atoms with Crippen LogP contribution in [0.25, 0.3) is 0 Å². The zero-order valence-corrected chi connectivity index (χ0v) is 9.56. The zero-order chi connectivity index (χ0) is 12.1. The third kappa shape index (κ3) is 3.35. The standard InChI is InChI=1S/C12H16N2O3/c15-11-3-1-10(2-4-11)9-17-12(16)14-7-5-13-6-8-14/h1-4,13,15H,5-9H2. The van der Waals surface area contributed by atoms with Crippen molar-refractivity contribution in [2.75, 3.05) is 26.2 Å². The summed E-state index contributed by atoms with van der Waals surface area (Å²) in [4.78, 5) is 13.4. The fourth-order valence-corrected chi connectivity index (χ4v) is 1.68. The Balaban J connectivity index is 1.81. The van der Waals surface area contributed by atoms with E-state index in [4.69, 9.17) is 9.84 Å². The van der Waals surface area contributed by atoms with Crippen LogP contribution in [0.1, 0.15) is 5.56 Å². The molecule has 1 saturated heterocycles. The number of phenols is 1. The highest BCUT2D eigenvalue weighted by Crippen LogP contribution is 2.11. The van der Waals surface area contributed by atoms with Gasteiger partial charge < -0.3 is 20.1 Å². The maximum absolute atomic E-state index is 11.7. The number of amides is 1. The summed E-state index contributed by atoms with van der Waals surface area (Å²) in [6.45, 7) is 3.24. The molecule has 0 bridgehead atoms. The quantitative estimate of drug-likeness (QED) is 0.802. The Labute approximate surface area is 100.0 Å². The summed E-state index contributed by atoms with van der Waals surface area (Å²) in [5, 5.41) is 12.3. The van der Waals surface area contributed by atoms with E-state index in [1.807, 2.05) is 0 Å². The first-order valence-electron chi connectivity index (χ1n) is 5.66. The predicted molar refractivity (Wildman–Crippen MR) is 62.7 cm³/mol. The SMILES string of the molecule is O=C(OCc1ccc(O)cc1)N1CCNCC1. The van der Waals surface area contributed by atoms with Crippen molar-refractivity contribution >= 4 is 6.09 Å². The second kappa shape index (κ2) is 5.54. The summed E-state index contributed by atoms with van der Waals surface area (Å²) >= 11 is 0. The number of nitrogens with one attached hydrogen (secondary N) is 1. The Morgan fingerprint density at radius 3 is 2.59 bits per heavy atom. The highest BCUT2D eigenvalue weighted by Gasteiger charge is 2.17. The van der Waals surface area contributed by atoms with E-state index in [-0.39, 0.29) is 18.4 Å². The van der Waals surface area contributed by atoms with Gasteiger partial charge in [-0.1, -0.05) is 12.1 Å². The Hall–Kier alpha value is -1.75. The molecule has 1 aromatic carbocycles. The van der Waals surface area contributed by atoms with Crippen molar-refractivity contribution in [2.24, 2.45) is 0 Å². The number of rotatable bonds is 2. The lowest BCUT2D eigenvalue weighted by molar-refractivity contribution is 0.0918. The molecule has 0 spiro atoms. The predicted octanol–water partition coefficient (Wildman–Crippen LogP) is 0.934. The Morgan fingerprint density at radius 2 is 1.94 bits per heavy atom. The van der Waals surface area contributed by atoms with Gasteiger partial charge in [-0.3, -0.25) is 0 Å². The third-order valence-corrected chi connectivity index (χ3v) is 2.67. The molecule has 0 aromatic heterocycles. The maximum atomic E-state index is 11.7. The summed E-state index contributed by atoms with van der Waals surface area (Å²) in [5.41, 5.74) is 0.867. The molecule has 17 heavy (non-hydrogen) atoms. The van der Waals surface area contributed by atoms with E-state index >= 15 is 0 Å². The zero-order valence-electron chi connectivity index (χ0n) is 9.56. The summed E-state index contributed by atoms with van der Waals surface area (Å²) < 4.78 is 5.18. The molecule has 0 saturated carbocycles. The summed E-state index contributed by atoms with van der Waals surface area (Å²) in [5.74, 6) is 0.210. The minimum Gasteiger partial charge on any atom is -0.508 e. The van der Waals surface area contributed by atoms with E-state index < -0.39 is 0 Å². The molecular weight excluding hydrogens is 220 g/mol. The van der Waals surface area contributed by atoms with Crippen molar-refractivity contribution < 1.29 is 14.6 Å². The van der Waals surface area contributed by atoms with Gasteiger partial charge in [-0.05, 0) is 17.7 Å². The molecule has 1 aromatic rings. The molecule has 2 rings (SSSR count). The minimum absolute atomic E-state index is 0.210. The monoisotopic (exact) mass is 236 g/mol. The van der Waals surface area contributed by atoms with Crippen LogP contribution in [0.4, 0.5) is 4.79 Å².